The van der Waals surface area contributed by atoms with Gasteiger partial charge < -0.3 is 10.2 Å². The average molecular weight is 110 g/mol. The Morgan fingerprint density at radius 3 is 3.12 bits per heavy atom. The third-order valence-corrected chi connectivity index (χ3v) is 0.829. The summed E-state index contributed by atoms with van der Waals surface area (Å²) in [5.41, 5.74) is 0.868. The Labute approximate surface area is 46.6 Å². The van der Waals surface area contributed by atoms with Crippen LogP contribution < -0.4 is 0 Å². The lowest BCUT2D eigenvalue weighted by Gasteiger charge is -1.73. The summed E-state index contributed by atoms with van der Waals surface area (Å²) in [4.78, 5) is 2.81. The number of rotatable bonds is 1. The van der Waals surface area contributed by atoms with Crippen molar-refractivity contribution in [2.45, 2.75) is 0 Å². The van der Waals surface area contributed by atoms with E-state index in [9.17, 15) is 0 Å². The number of H-pyrrole nitrogens is 1. The van der Waals surface area contributed by atoms with Crippen molar-refractivity contribution in [2.75, 3.05) is 0 Å². The van der Waals surface area contributed by atoms with Crippen LogP contribution >= 0.6 is 0 Å². The number of hydrogen-bond acceptors (Lipinski definition) is 2. The summed E-state index contributed by atoms with van der Waals surface area (Å²) in [6.07, 6.45) is 4.85. The second kappa shape index (κ2) is 2.16. The van der Waals surface area contributed by atoms with Gasteiger partial charge in [0.25, 0.3) is 0 Å². The largest absolute Gasteiger partial charge is 0.411 e. The zero-order chi connectivity index (χ0) is 5.82. The summed E-state index contributed by atoms with van der Waals surface area (Å²) in [7, 11) is 0. The van der Waals surface area contributed by atoms with E-state index in [-0.39, 0.29) is 0 Å². The highest BCUT2D eigenvalue weighted by atomic mass is 16.4. The van der Waals surface area contributed by atoms with Crippen LogP contribution in [0.5, 0.6) is 0 Å². The molecule has 8 heavy (non-hydrogen) atoms. The third-order valence-electron chi connectivity index (χ3n) is 0.829. The van der Waals surface area contributed by atoms with Crippen molar-refractivity contribution in [1.29, 1.82) is 0 Å². The van der Waals surface area contributed by atoms with Crippen LogP contribution in [-0.4, -0.2) is 16.4 Å². The molecule has 0 spiro atoms. The Kier molecular flexibility index (Phi) is 1.32. The molecule has 1 rings (SSSR count). The first kappa shape index (κ1) is 4.90. The molecule has 0 aromatic carbocycles. The number of nitrogens with one attached hydrogen (secondary N) is 1. The van der Waals surface area contributed by atoms with Crippen molar-refractivity contribution in [2.24, 2.45) is 5.16 Å². The Hall–Kier alpha value is -1.25. The molecule has 0 unspecified atom stereocenters. The summed E-state index contributed by atoms with van der Waals surface area (Å²) in [5.74, 6) is 0. The second-order valence-corrected chi connectivity index (χ2v) is 1.39. The molecule has 0 atom stereocenters. The molecule has 0 amide bonds. The fourth-order valence-electron chi connectivity index (χ4n) is 0.484. The SMILES string of the molecule is ON=Cc1cc[nH]c1. The van der Waals surface area contributed by atoms with Crippen LogP contribution in [0, 0.1) is 0 Å². The molecule has 0 saturated carbocycles. The molecular formula is C5H6N2O. The number of hydrogen-bond donors (Lipinski definition) is 2. The molecule has 3 heteroatoms. The minimum Gasteiger partial charge on any atom is -0.411 e. The van der Waals surface area contributed by atoms with Crippen LogP contribution in [-0.2, 0) is 0 Å². The van der Waals surface area contributed by atoms with Crippen molar-refractivity contribution in [3.8, 4) is 0 Å². The normalized spacial score (nSPS) is 10.5. The summed E-state index contributed by atoms with van der Waals surface area (Å²) in [6, 6.07) is 1.81. The first-order valence-electron chi connectivity index (χ1n) is 2.23. The lowest BCUT2D eigenvalue weighted by molar-refractivity contribution is 0.322. The van der Waals surface area contributed by atoms with Gasteiger partial charge in [-0.15, -0.1) is 0 Å². The predicted octanol–water partition coefficient (Wildman–Crippen LogP) is 0.823. The van der Waals surface area contributed by atoms with Crippen molar-refractivity contribution in [3.63, 3.8) is 0 Å². The van der Waals surface area contributed by atoms with Gasteiger partial charge >= 0.3 is 0 Å². The summed E-state index contributed by atoms with van der Waals surface area (Å²) in [5, 5.41) is 10.8. The highest BCUT2D eigenvalue weighted by molar-refractivity contribution is 5.78. The van der Waals surface area contributed by atoms with Crippen LogP contribution in [0.1, 0.15) is 5.56 Å². The molecule has 0 saturated heterocycles. The van der Waals surface area contributed by atoms with Gasteiger partial charge in [-0.3, -0.25) is 0 Å². The van der Waals surface area contributed by atoms with Gasteiger partial charge in [0.05, 0.1) is 6.21 Å². The van der Waals surface area contributed by atoms with Gasteiger partial charge in [-0.25, -0.2) is 0 Å². The highest BCUT2D eigenvalue weighted by Gasteiger charge is 1.81. The molecule has 0 aliphatic heterocycles. The van der Waals surface area contributed by atoms with Gasteiger partial charge in [0.2, 0.25) is 0 Å². The van der Waals surface area contributed by atoms with Crippen molar-refractivity contribution in [3.05, 3.63) is 24.0 Å². The zero-order valence-corrected chi connectivity index (χ0v) is 4.20. The van der Waals surface area contributed by atoms with E-state index in [0.717, 1.165) is 5.56 Å². The lowest BCUT2D eigenvalue weighted by atomic mass is 10.4. The van der Waals surface area contributed by atoms with Crippen molar-refractivity contribution >= 4 is 6.21 Å². The van der Waals surface area contributed by atoms with E-state index in [1.807, 2.05) is 0 Å². The van der Waals surface area contributed by atoms with Gasteiger partial charge in [0.15, 0.2) is 0 Å². The standard InChI is InChI=1S/C5H6N2O/c8-7-4-5-1-2-6-3-5/h1-4,6,8H. The maximum atomic E-state index is 7.99. The van der Waals surface area contributed by atoms with E-state index in [2.05, 4.69) is 10.1 Å². The van der Waals surface area contributed by atoms with E-state index in [4.69, 9.17) is 5.21 Å². The van der Waals surface area contributed by atoms with Gasteiger partial charge in [-0.05, 0) is 6.07 Å². The monoisotopic (exact) mass is 110 g/mol. The fraction of sp³-hybridized carbons (Fsp3) is 0. The second-order valence-electron chi connectivity index (χ2n) is 1.39. The van der Waals surface area contributed by atoms with E-state index in [0.29, 0.717) is 0 Å². The molecule has 0 aliphatic carbocycles. The van der Waals surface area contributed by atoms with Crippen molar-refractivity contribution in [1.82, 2.24) is 4.98 Å². The Balaban J connectivity index is 2.77. The highest BCUT2D eigenvalue weighted by Crippen LogP contribution is 1.89. The first-order valence-corrected chi connectivity index (χ1v) is 2.23. The third kappa shape index (κ3) is 0.872. The average Bonchev–Trinajstić information content (AvgIpc) is 2.19. The van der Waals surface area contributed by atoms with Crippen molar-refractivity contribution < 1.29 is 5.21 Å². The van der Waals surface area contributed by atoms with Gasteiger partial charge in [-0.2, -0.15) is 0 Å². The van der Waals surface area contributed by atoms with Crippen LogP contribution in [0.15, 0.2) is 23.6 Å². The summed E-state index contributed by atoms with van der Waals surface area (Å²) < 4.78 is 0. The molecule has 1 aromatic heterocycles. The molecule has 0 aliphatic rings. The topological polar surface area (TPSA) is 48.4 Å². The van der Waals surface area contributed by atoms with Crippen LogP contribution in [0.4, 0.5) is 0 Å². The number of aromatic amines is 1. The Morgan fingerprint density at radius 1 is 1.75 bits per heavy atom. The molecule has 0 radical (unpaired) electrons. The van der Waals surface area contributed by atoms with E-state index in [1.165, 1.54) is 6.21 Å². The Bertz CT molecular complexity index is 167. The van der Waals surface area contributed by atoms with E-state index in [1.54, 1.807) is 18.5 Å². The summed E-state index contributed by atoms with van der Waals surface area (Å²) in [6.45, 7) is 0. The molecule has 42 valence electrons. The number of nitrogens with zero attached hydrogens (tertiary/aromatic N) is 1. The molecule has 1 heterocycles. The number of oxime groups is 1. The van der Waals surface area contributed by atoms with Gasteiger partial charge in [0, 0.05) is 18.0 Å². The fourth-order valence-corrected chi connectivity index (χ4v) is 0.484. The minimum atomic E-state index is 0.868. The van der Waals surface area contributed by atoms with Gasteiger partial charge in [0.1, 0.15) is 0 Å². The van der Waals surface area contributed by atoms with Crippen LogP contribution in [0.3, 0.4) is 0 Å². The van der Waals surface area contributed by atoms with E-state index < -0.39 is 0 Å². The first-order chi connectivity index (χ1) is 3.93. The summed E-state index contributed by atoms with van der Waals surface area (Å²) >= 11 is 0. The predicted molar refractivity (Wildman–Crippen MR) is 30.2 cm³/mol. The maximum absolute atomic E-state index is 7.99. The smallest absolute Gasteiger partial charge is 0.0748 e. The molecule has 0 bridgehead atoms. The quantitative estimate of drug-likeness (QED) is 0.314. The molecular weight excluding hydrogens is 104 g/mol. The van der Waals surface area contributed by atoms with Crippen LogP contribution in [0.2, 0.25) is 0 Å². The van der Waals surface area contributed by atoms with Crippen LogP contribution in [0.25, 0.3) is 0 Å². The number of aromatic nitrogens is 1. The minimum absolute atomic E-state index is 0.868. The lowest BCUT2D eigenvalue weighted by Crippen LogP contribution is -1.70. The molecule has 0 fully saturated rings. The Morgan fingerprint density at radius 2 is 2.62 bits per heavy atom. The van der Waals surface area contributed by atoms with Gasteiger partial charge in [-0.1, -0.05) is 5.16 Å². The maximum Gasteiger partial charge on any atom is 0.0748 e. The zero-order valence-electron chi connectivity index (χ0n) is 4.20. The molecule has 3 nitrogen and oxygen atoms in total. The molecule has 2 N–H and O–H groups in total. The van der Waals surface area contributed by atoms with E-state index >= 15 is 0 Å². The molecule has 1 aromatic rings.